The number of aromatic nitrogens is 5. The standard InChI is InChI=1S/C15H14N6O/c1-10-5-11(12-7-16-9-17-8-12)6-13(18-10)15(22)19-14-3-4-21(2)20-14/h3-9H,1-2H3,(H,19,20,22). The lowest BCUT2D eigenvalue weighted by Gasteiger charge is -2.06. The Morgan fingerprint density at radius 1 is 1.18 bits per heavy atom. The summed E-state index contributed by atoms with van der Waals surface area (Å²) in [6.45, 7) is 1.84. The Labute approximate surface area is 127 Å². The maximum Gasteiger partial charge on any atom is 0.275 e. The quantitative estimate of drug-likeness (QED) is 0.796. The van der Waals surface area contributed by atoms with Crippen molar-refractivity contribution in [3.8, 4) is 11.1 Å². The number of carbonyl (C=O) groups is 1. The van der Waals surface area contributed by atoms with E-state index in [1.807, 2.05) is 13.0 Å². The molecule has 0 unspecified atom stereocenters. The number of hydrogen-bond donors (Lipinski definition) is 1. The molecule has 7 heteroatoms. The maximum atomic E-state index is 12.3. The van der Waals surface area contributed by atoms with Crippen molar-refractivity contribution in [1.82, 2.24) is 24.7 Å². The normalized spacial score (nSPS) is 10.5. The minimum atomic E-state index is -0.305. The number of rotatable bonds is 3. The third kappa shape index (κ3) is 2.98. The Balaban J connectivity index is 1.90. The van der Waals surface area contributed by atoms with Gasteiger partial charge in [0.1, 0.15) is 12.0 Å². The highest BCUT2D eigenvalue weighted by Gasteiger charge is 2.12. The molecule has 0 aliphatic rings. The van der Waals surface area contributed by atoms with Crippen LogP contribution in [0.4, 0.5) is 5.82 Å². The molecule has 0 bridgehead atoms. The number of anilines is 1. The molecule has 0 aliphatic carbocycles. The third-order valence-electron chi connectivity index (χ3n) is 3.04. The fourth-order valence-electron chi connectivity index (χ4n) is 2.06. The van der Waals surface area contributed by atoms with Gasteiger partial charge < -0.3 is 5.32 Å². The van der Waals surface area contributed by atoms with E-state index in [1.165, 1.54) is 6.33 Å². The highest BCUT2D eigenvalue weighted by molar-refractivity contribution is 6.03. The lowest BCUT2D eigenvalue weighted by atomic mass is 10.1. The van der Waals surface area contributed by atoms with Gasteiger partial charge in [-0.1, -0.05) is 0 Å². The van der Waals surface area contributed by atoms with Crippen LogP contribution in [0.3, 0.4) is 0 Å². The zero-order chi connectivity index (χ0) is 15.5. The van der Waals surface area contributed by atoms with Gasteiger partial charge in [-0.25, -0.2) is 15.0 Å². The molecule has 0 aromatic carbocycles. The molecule has 0 aliphatic heterocycles. The average molecular weight is 294 g/mol. The van der Waals surface area contributed by atoms with Crippen LogP contribution < -0.4 is 5.32 Å². The molecule has 3 aromatic heterocycles. The van der Waals surface area contributed by atoms with Gasteiger partial charge in [-0.15, -0.1) is 0 Å². The van der Waals surface area contributed by atoms with Crippen molar-refractivity contribution in [1.29, 1.82) is 0 Å². The lowest BCUT2D eigenvalue weighted by Crippen LogP contribution is -2.15. The van der Waals surface area contributed by atoms with E-state index in [2.05, 4.69) is 25.4 Å². The van der Waals surface area contributed by atoms with E-state index in [0.717, 1.165) is 16.8 Å². The van der Waals surface area contributed by atoms with E-state index >= 15 is 0 Å². The molecular formula is C15H14N6O. The second-order valence-electron chi connectivity index (χ2n) is 4.84. The molecule has 110 valence electrons. The van der Waals surface area contributed by atoms with E-state index in [4.69, 9.17) is 0 Å². The van der Waals surface area contributed by atoms with Crippen LogP contribution in [0.25, 0.3) is 11.1 Å². The van der Waals surface area contributed by atoms with Crippen LogP contribution in [0.5, 0.6) is 0 Å². The molecule has 0 radical (unpaired) electrons. The Morgan fingerprint density at radius 2 is 1.95 bits per heavy atom. The van der Waals surface area contributed by atoms with Gasteiger partial charge >= 0.3 is 0 Å². The second kappa shape index (κ2) is 5.72. The average Bonchev–Trinajstić information content (AvgIpc) is 2.92. The van der Waals surface area contributed by atoms with E-state index in [0.29, 0.717) is 11.5 Å². The SMILES string of the molecule is Cc1cc(-c2cncnc2)cc(C(=O)Nc2ccn(C)n2)n1. The van der Waals surface area contributed by atoms with Gasteiger partial charge in [-0.2, -0.15) is 5.10 Å². The number of aryl methyl sites for hydroxylation is 2. The first kappa shape index (κ1) is 13.9. The van der Waals surface area contributed by atoms with Gasteiger partial charge in [0.2, 0.25) is 0 Å². The molecule has 3 rings (SSSR count). The van der Waals surface area contributed by atoms with Crippen molar-refractivity contribution in [2.75, 3.05) is 5.32 Å². The molecular weight excluding hydrogens is 280 g/mol. The molecule has 0 atom stereocenters. The van der Waals surface area contributed by atoms with Gasteiger partial charge in [-0.05, 0) is 24.6 Å². The smallest absolute Gasteiger partial charge is 0.275 e. The van der Waals surface area contributed by atoms with Crippen LogP contribution in [0.15, 0.2) is 43.1 Å². The second-order valence-corrected chi connectivity index (χ2v) is 4.84. The fourth-order valence-corrected chi connectivity index (χ4v) is 2.06. The van der Waals surface area contributed by atoms with Crippen molar-refractivity contribution < 1.29 is 4.79 Å². The summed E-state index contributed by atoms with van der Waals surface area (Å²) in [7, 11) is 1.79. The largest absolute Gasteiger partial charge is 0.304 e. The van der Waals surface area contributed by atoms with Crippen molar-refractivity contribution >= 4 is 11.7 Å². The summed E-state index contributed by atoms with van der Waals surface area (Å²) in [5.41, 5.74) is 2.75. The van der Waals surface area contributed by atoms with Gasteiger partial charge in [0.05, 0.1) is 0 Å². The predicted molar refractivity (Wildman–Crippen MR) is 81.2 cm³/mol. The number of pyridine rings is 1. The molecule has 0 fully saturated rings. The van der Waals surface area contributed by atoms with Gasteiger partial charge in [0, 0.05) is 43.0 Å². The summed E-state index contributed by atoms with van der Waals surface area (Å²) in [5.74, 6) is 0.181. The Kier molecular flexibility index (Phi) is 3.61. The molecule has 3 aromatic rings. The van der Waals surface area contributed by atoms with Crippen molar-refractivity contribution in [2.45, 2.75) is 6.92 Å². The monoisotopic (exact) mass is 294 g/mol. The predicted octanol–water partition coefficient (Wildman–Crippen LogP) is 1.83. The molecule has 3 heterocycles. The summed E-state index contributed by atoms with van der Waals surface area (Å²) < 4.78 is 1.62. The van der Waals surface area contributed by atoms with E-state index < -0.39 is 0 Å². The molecule has 0 saturated heterocycles. The Morgan fingerprint density at radius 3 is 2.64 bits per heavy atom. The minimum Gasteiger partial charge on any atom is -0.304 e. The first-order chi connectivity index (χ1) is 10.6. The van der Waals surface area contributed by atoms with Crippen LogP contribution >= 0.6 is 0 Å². The first-order valence-electron chi connectivity index (χ1n) is 6.67. The Bertz CT molecular complexity index is 812. The number of nitrogens with zero attached hydrogens (tertiary/aromatic N) is 5. The number of amides is 1. The topological polar surface area (TPSA) is 85.6 Å². The minimum absolute atomic E-state index is 0.305. The lowest BCUT2D eigenvalue weighted by molar-refractivity contribution is 0.102. The highest BCUT2D eigenvalue weighted by atomic mass is 16.1. The zero-order valence-corrected chi connectivity index (χ0v) is 12.2. The molecule has 0 saturated carbocycles. The van der Waals surface area contributed by atoms with Crippen LogP contribution in [0.2, 0.25) is 0 Å². The van der Waals surface area contributed by atoms with Gasteiger partial charge in [-0.3, -0.25) is 9.48 Å². The van der Waals surface area contributed by atoms with E-state index in [9.17, 15) is 4.79 Å². The summed E-state index contributed by atoms with van der Waals surface area (Å²) in [4.78, 5) is 24.6. The summed E-state index contributed by atoms with van der Waals surface area (Å²) in [5, 5.41) is 6.84. The first-order valence-corrected chi connectivity index (χ1v) is 6.67. The number of nitrogens with one attached hydrogen (secondary N) is 1. The van der Waals surface area contributed by atoms with Gasteiger partial charge in [0.15, 0.2) is 5.82 Å². The number of carbonyl (C=O) groups excluding carboxylic acids is 1. The van der Waals surface area contributed by atoms with Crippen molar-refractivity contribution in [3.05, 3.63) is 54.5 Å². The molecule has 1 N–H and O–H groups in total. The molecule has 22 heavy (non-hydrogen) atoms. The summed E-state index contributed by atoms with van der Waals surface area (Å²) >= 11 is 0. The van der Waals surface area contributed by atoms with E-state index in [1.54, 1.807) is 42.5 Å². The Hall–Kier alpha value is -3.09. The third-order valence-corrected chi connectivity index (χ3v) is 3.04. The van der Waals surface area contributed by atoms with Crippen LogP contribution in [0.1, 0.15) is 16.2 Å². The van der Waals surface area contributed by atoms with Crippen LogP contribution in [-0.4, -0.2) is 30.6 Å². The molecule has 7 nitrogen and oxygen atoms in total. The van der Waals surface area contributed by atoms with Crippen LogP contribution in [0, 0.1) is 6.92 Å². The van der Waals surface area contributed by atoms with Crippen molar-refractivity contribution in [2.24, 2.45) is 7.05 Å². The highest BCUT2D eigenvalue weighted by Crippen LogP contribution is 2.19. The van der Waals surface area contributed by atoms with Gasteiger partial charge in [0.25, 0.3) is 5.91 Å². The fraction of sp³-hybridized carbons (Fsp3) is 0.133. The van der Waals surface area contributed by atoms with E-state index in [-0.39, 0.29) is 5.91 Å². The molecule has 0 spiro atoms. The molecule has 1 amide bonds. The zero-order valence-electron chi connectivity index (χ0n) is 12.2. The van der Waals surface area contributed by atoms with Crippen LogP contribution in [-0.2, 0) is 7.05 Å². The maximum absolute atomic E-state index is 12.3. The summed E-state index contributed by atoms with van der Waals surface area (Å²) in [6.07, 6.45) is 6.61. The van der Waals surface area contributed by atoms with Crippen molar-refractivity contribution in [3.63, 3.8) is 0 Å². The summed E-state index contributed by atoms with van der Waals surface area (Å²) in [6, 6.07) is 5.32. The number of hydrogen-bond acceptors (Lipinski definition) is 5.